The molecule has 21 heavy (non-hydrogen) atoms. The topological polar surface area (TPSA) is 92.5 Å². The molecule has 1 aliphatic heterocycles. The number of rotatable bonds is 3. The standard InChI is InChI=1S/C13H18FN3O3S/c1-9(18)16-11-3-2-6-17(8-11)21(19,20)13-7-10(14)4-5-12(13)15/h4-5,7,11H,2-3,6,8,15H2,1H3,(H,16,18). The fourth-order valence-electron chi connectivity index (χ4n) is 2.44. The molecule has 116 valence electrons. The number of amides is 1. The average Bonchev–Trinajstić information content (AvgIpc) is 2.41. The smallest absolute Gasteiger partial charge is 0.245 e. The Bertz CT molecular complexity index is 648. The highest BCUT2D eigenvalue weighted by Gasteiger charge is 2.32. The number of nitrogen functional groups attached to an aromatic ring is 1. The Morgan fingerprint density at radius 1 is 1.48 bits per heavy atom. The summed E-state index contributed by atoms with van der Waals surface area (Å²) < 4.78 is 39.7. The van der Waals surface area contributed by atoms with Crippen LogP contribution in [0.3, 0.4) is 0 Å². The van der Waals surface area contributed by atoms with Gasteiger partial charge in [0.1, 0.15) is 10.7 Å². The lowest BCUT2D eigenvalue weighted by molar-refractivity contribution is -0.119. The van der Waals surface area contributed by atoms with Crippen molar-refractivity contribution in [2.75, 3.05) is 18.8 Å². The summed E-state index contributed by atoms with van der Waals surface area (Å²) in [6, 6.07) is 3.04. The number of carbonyl (C=O) groups is 1. The van der Waals surface area contributed by atoms with Gasteiger partial charge in [0.25, 0.3) is 0 Å². The molecular weight excluding hydrogens is 297 g/mol. The zero-order valence-corrected chi connectivity index (χ0v) is 12.5. The van der Waals surface area contributed by atoms with Gasteiger partial charge in [-0.15, -0.1) is 0 Å². The summed E-state index contributed by atoms with van der Waals surface area (Å²) in [6.07, 6.45) is 1.34. The summed E-state index contributed by atoms with van der Waals surface area (Å²) in [4.78, 5) is 10.9. The van der Waals surface area contributed by atoms with E-state index in [0.717, 1.165) is 12.1 Å². The predicted octanol–water partition coefficient (Wildman–Crippen LogP) is 0.697. The van der Waals surface area contributed by atoms with Crippen molar-refractivity contribution in [1.29, 1.82) is 0 Å². The molecule has 1 fully saturated rings. The summed E-state index contributed by atoms with van der Waals surface area (Å²) in [5, 5.41) is 2.71. The second-order valence-electron chi connectivity index (χ2n) is 5.08. The van der Waals surface area contributed by atoms with Crippen LogP contribution in [0.25, 0.3) is 0 Å². The third kappa shape index (κ3) is 3.51. The average molecular weight is 315 g/mol. The summed E-state index contributed by atoms with van der Waals surface area (Å²) in [5.41, 5.74) is 5.67. The van der Waals surface area contributed by atoms with Gasteiger partial charge in [0, 0.05) is 26.1 Å². The van der Waals surface area contributed by atoms with E-state index < -0.39 is 15.8 Å². The molecule has 0 bridgehead atoms. The van der Waals surface area contributed by atoms with Crippen LogP contribution in [0.15, 0.2) is 23.1 Å². The molecule has 1 aromatic rings. The molecule has 1 heterocycles. The van der Waals surface area contributed by atoms with Gasteiger partial charge in [-0.25, -0.2) is 12.8 Å². The van der Waals surface area contributed by atoms with Crippen molar-refractivity contribution in [2.24, 2.45) is 0 Å². The zero-order valence-electron chi connectivity index (χ0n) is 11.7. The Hall–Kier alpha value is -1.67. The van der Waals surface area contributed by atoms with Crippen molar-refractivity contribution < 1.29 is 17.6 Å². The van der Waals surface area contributed by atoms with Crippen molar-refractivity contribution >= 4 is 21.6 Å². The summed E-state index contributed by atoms with van der Waals surface area (Å²) in [5.74, 6) is -0.859. The Balaban J connectivity index is 2.26. The van der Waals surface area contributed by atoms with Gasteiger partial charge in [0.15, 0.2) is 0 Å². The van der Waals surface area contributed by atoms with Crippen molar-refractivity contribution in [2.45, 2.75) is 30.7 Å². The monoisotopic (exact) mass is 315 g/mol. The van der Waals surface area contributed by atoms with Crippen molar-refractivity contribution in [3.8, 4) is 0 Å². The van der Waals surface area contributed by atoms with Crippen molar-refractivity contribution in [3.63, 3.8) is 0 Å². The van der Waals surface area contributed by atoms with Crippen molar-refractivity contribution in [1.82, 2.24) is 9.62 Å². The third-order valence-electron chi connectivity index (χ3n) is 3.38. The van der Waals surface area contributed by atoms with Crippen LogP contribution in [-0.2, 0) is 14.8 Å². The molecule has 0 aliphatic carbocycles. The number of nitrogens with one attached hydrogen (secondary N) is 1. The van der Waals surface area contributed by atoms with Crippen LogP contribution in [-0.4, -0.2) is 37.8 Å². The minimum absolute atomic E-state index is 0.0121. The van der Waals surface area contributed by atoms with Crippen LogP contribution in [0.5, 0.6) is 0 Å². The predicted molar refractivity (Wildman–Crippen MR) is 76.4 cm³/mol. The first kappa shape index (κ1) is 15.7. The fourth-order valence-corrected chi connectivity index (χ4v) is 4.09. The third-order valence-corrected chi connectivity index (χ3v) is 5.31. The molecule has 1 amide bonds. The normalized spacial score (nSPS) is 20.2. The largest absolute Gasteiger partial charge is 0.398 e. The molecule has 3 N–H and O–H groups in total. The van der Waals surface area contributed by atoms with Gasteiger partial charge in [-0.05, 0) is 31.0 Å². The number of hydrogen-bond acceptors (Lipinski definition) is 4. The minimum atomic E-state index is -3.87. The number of nitrogens with two attached hydrogens (primary N) is 1. The number of piperidine rings is 1. The second kappa shape index (κ2) is 5.98. The maximum Gasteiger partial charge on any atom is 0.245 e. The van der Waals surface area contributed by atoms with E-state index in [2.05, 4.69) is 5.32 Å². The van der Waals surface area contributed by atoms with E-state index in [1.165, 1.54) is 17.3 Å². The Morgan fingerprint density at radius 3 is 2.86 bits per heavy atom. The van der Waals surface area contributed by atoms with Gasteiger partial charge in [-0.2, -0.15) is 4.31 Å². The quantitative estimate of drug-likeness (QED) is 0.803. The van der Waals surface area contributed by atoms with Gasteiger partial charge in [-0.1, -0.05) is 0 Å². The molecule has 1 atom stereocenters. The van der Waals surface area contributed by atoms with Crippen LogP contribution in [0.4, 0.5) is 10.1 Å². The number of anilines is 1. The molecule has 6 nitrogen and oxygen atoms in total. The second-order valence-corrected chi connectivity index (χ2v) is 6.99. The van der Waals surface area contributed by atoms with Crippen LogP contribution in [0, 0.1) is 5.82 Å². The minimum Gasteiger partial charge on any atom is -0.398 e. The number of carbonyl (C=O) groups excluding carboxylic acids is 1. The zero-order chi connectivity index (χ0) is 15.6. The lowest BCUT2D eigenvalue weighted by Gasteiger charge is -2.32. The van der Waals surface area contributed by atoms with Gasteiger partial charge in [0.2, 0.25) is 15.9 Å². The molecule has 0 aromatic heterocycles. The van der Waals surface area contributed by atoms with Crippen LogP contribution < -0.4 is 11.1 Å². The van der Waals surface area contributed by atoms with E-state index in [1.54, 1.807) is 0 Å². The first-order valence-electron chi connectivity index (χ1n) is 6.63. The first-order chi connectivity index (χ1) is 9.80. The fraction of sp³-hybridized carbons (Fsp3) is 0.462. The molecule has 2 rings (SSSR count). The number of sulfonamides is 1. The first-order valence-corrected chi connectivity index (χ1v) is 8.07. The van der Waals surface area contributed by atoms with Crippen molar-refractivity contribution in [3.05, 3.63) is 24.0 Å². The summed E-state index contributed by atoms with van der Waals surface area (Å²) in [6.45, 7) is 1.88. The van der Waals surface area contributed by atoms with Crippen LogP contribution >= 0.6 is 0 Å². The van der Waals surface area contributed by atoms with Gasteiger partial charge in [-0.3, -0.25) is 4.79 Å². The molecule has 1 aromatic carbocycles. The number of hydrogen-bond donors (Lipinski definition) is 2. The van der Waals surface area contributed by atoms with Gasteiger partial charge < -0.3 is 11.1 Å². The Kier molecular flexibility index (Phi) is 4.48. The number of nitrogens with zero attached hydrogens (tertiary/aromatic N) is 1. The molecule has 0 saturated carbocycles. The molecular formula is C13H18FN3O3S. The van der Waals surface area contributed by atoms with E-state index in [4.69, 9.17) is 5.73 Å². The van der Waals surface area contributed by atoms with E-state index in [1.807, 2.05) is 0 Å². The highest BCUT2D eigenvalue weighted by Crippen LogP contribution is 2.25. The van der Waals surface area contributed by atoms with Crippen LogP contribution in [0.1, 0.15) is 19.8 Å². The SMILES string of the molecule is CC(=O)NC1CCCN(S(=O)(=O)c2cc(F)ccc2N)C1. The molecule has 1 unspecified atom stereocenters. The lowest BCUT2D eigenvalue weighted by atomic mass is 10.1. The number of halogens is 1. The van der Waals surface area contributed by atoms with Gasteiger partial charge >= 0.3 is 0 Å². The molecule has 8 heteroatoms. The molecule has 1 aliphatic rings. The number of benzene rings is 1. The molecule has 0 spiro atoms. The van der Waals surface area contributed by atoms with E-state index in [9.17, 15) is 17.6 Å². The summed E-state index contributed by atoms with van der Waals surface area (Å²) >= 11 is 0. The van der Waals surface area contributed by atoms with E-state index in [0.29, 0.717) is 19.4 Å². The van der Waals surface area contributed by atoms with Gasteiger partial charge in [0.05, 0.1) is 5.69 Å². The summed E-state index contributed by atoms with van der Waals surface area (Å²) in [7, 11) is -3.87. The maximum atomic E-state index is 13.3. The van der Waals surface area contributed by atoms with E-state index >= 15 is 0 Å². The molecule has 1 saturated heterocycles. The Morgan fingerprint density at radius 2 is 2.19 bits per heavy atom. The maximum absolute atomic E-state index is 13.3. The van der Waals surface area contributed by atoms with E-state index in [-0.39, 0.29) is 29.1 Å². The lowest BCUT2D eigenvalue weighted by Crippen LogP contribution is -2.49. The Labute approximate surface area is 123 Å². The molecule has 0 radical (unpaired) electrons. The highest BCUT2D eigenvalue weighted by molar-refractivity contribution is 7.89. The highest BCUT2D eigenvalue weighted by atomic mass is 32.2. The van der Waals surface area contributed by atoms with Crippen LogP contribution in [0.2, 0.25) is 0 Å².